The molecule has 3 atom stereocenters. The molecule has 100 valence electrons. The number of rotatable bonds is 3. The molecule has 0 aromatic heterocycles. The zero-order chi connectivity index (χ0) is 12.9. The van der Waals surface area contributed by atoms with E-state index in [-0.39, 0.29) is 36.0 Å². The van der Waals surface area contributed by atoms with Crippen LogP contribution in [0.1, 0.15) is 32.1 Å². The van der Waals surface area contributed by atoms with Crippen molar-refractivity contribution in [2.24, 2.45) is 11.8 Å². The lowest BCUT2D eigenvalue weighted by Crippen LogP contribution is -2.50. The minimum absolute atomic E-state index is 0.0117. The monoisotopic (exact) mass is 253 g/mol. The first-order valence-corrected chi connectivity index (χ1v) is 6.71. The van der Waals surface area contributed by atoms with Crippen molar-refractivity contribution in [2.45, 2.75) is 50.4 Å². The number of fused-ring (bicyclic) bond motifs is 2. The van der Waals surface area contributed by atoms with Crippen molar-refractivity contribution >= 4 is 11.9 Å². The molecule has 0 aromatic carbocycles. The number of ether oxygens (including phenoxy) is 1. The molecule has 0 radical (unpaired) electrons. The van der Waals surface area contributed by atoms with Crippen molar-refractivity contribution in [2.75, 3.05) is 7.05 Å². The van der Waals surface area contributed by atoms with E-state index in [4.69, 9.17) is 9.84 Å². The zero-order valence-electron chi connectivity index (χ0n) is 10.5. The van der Waals surface area contributed by atoms with Crippen molar-refractivity contribution in [3.63, 3.8) is 0 Å². The van der Waals surface area contributed by atoms with Crippen LogP contribution in [0.5, 0.6) is 0 Å². The minimum atomic E-state index is -0.740. The first-order valence-electron chi connectivity index (χ1n) is 6.71. The van der Waals surface area contributed by atoms with Gasteiger partial charge in [-0.2, -0.15) is 0 Å². The van der Waals surface area contributed by atoms with Crippen molar-refractivity contribution in [1.29, 1.82) is 0 Å². The van der Waals surface area contributed by atoms with E-state index in [1.807, 2.05) is 0 Å². The molecule has 0 spiro atoms. The summed E-state index contributed by atoms with van der Waals surface area (Å²) in [5.41, 5.74) is 0. The Morgan fingerprint density at radius 1 is 1.22 bits per heavy atom. The Balaban J connectivity index is 1.56. The lowest BCUT2D eigenvalue weighted by Gasteiger charge is -2.40. The van der Waals surface area contributed by atoms with Gasteiger partial charge in [0.05, 0.1) is 24.0 Å². The number of aliphatic carboxylic acids is 1. The molecule has 1 aliphatic carbocycles. The molecule has 0 aromatic rings. The molecule has 5 nitrogen and oxygen atoms in total. The molecule has 3 aliphatic rings. The van der Waals surface area contributed by atoms with Crippen molar-refractivity contribution in [3.8, 4) is 0 Å². The summed E-state index contributed by atoms with van der Waals surface area (Å²) >= 11 is 0. The maximum Gasteiger partial charge on any atom is 0.306 e. The molecule has 18 heavy (non-hydrogen) atoms. The third-order valence-corrected chi connectivity index (χ3v) is 4.78. The van der Waals surface area contributed by atoms with Gasteiger partial charge >= 0.3 is 5.97 Å². The van der Waals surface area contributed by atoms with Gasteiger partial charge in [0.25, 0.3) is 0 Å². The van der Waals surface area contributed by atoms with Crippen molar-refractivity contribution in [1.82, 2.24) is 4.90 Å². The quantitative estimate of drug-likeness (QED) is 0.810. The number of carboxylic acids is 1. The minimum Gasteiger partial charge on any atom is -0.481 e. The van der Waals surface area contributed by atoms with Gasteiger partial charge in [0, 0.05) is 13.1 Å². The fourth-order valence-electron chi connectivity index (χ4n) is 3.44. The highest BCUT2D eigenvalue weighted by molar-refractivity contribution is 5.80. The van der Waals surface area contributed by atoms with Gasteiger partial charge < -0.3 is 14.7 Å². The highest BCUT2D eigenvalue weighted by atomic mass is 16.5. The maximum atomic E-state index is 12.3. The van der Waals surface area contributed by atoms with Gasteiger partial charge in [-0.1, -0.05) is 0 Å². The predicted octanol–water partition coefficient (Wildman–Crippen LogP) is 0.875. The normalized spacial score (nSPS) is 41.5. The van der Waals surface area contributed by atoms with E-state index in [9.17, 15) is 9.59 Å². The van der Waals surface area contributed by atoms with Gasteiger partial charge in [0.15, 0.2) is 0 Å². The van der Waals surface area contributed by atoms with Gasteiger partial charge in [0.1, 0.15) is 0 Å². The second-order valence-corrected chi connectivity index (χ2v) is 5.83. The molecule has 3 unspecified atom stereocenters. The topological polar surface area (TPSA) is 66.8 Å². The number of nitrogens with zero attached hydrogens (tertiary/aromatic N) is 1. The Labute approximate surface area is 106 Å². The van der Waals surface area contributed by atoms with Crippen LogP contribution in [0.4, 0.5) is 0 Å². The SMILES string of the molecule is CN(C(=O)C1CC2CCC1O2)C1CC(C(=O)O)C1. The average molecular weight is 253 g/mol. The summed E-state index contributed by atoms with van der Waals surface area (Å²) in [4.78, 5) is 24.9. The molecular formula is C13H19NO4. The van der Waals surface area contributed by atoms with Gasteiger partial charge in [-0.25, -0.2) is 0 Å². The summed E-state index contributed by atoms with van der Waals surface area (Å²) in [6.07, 6.45) is 4.52. The summed E-state index contributed by atoms with van der Waals surface area (Å²) in [6, 6.07) is 0.109. The Kier molecular flexibility index (Phi) is 2.81. The zero-order valence-corrected chi connectivity index (χ0v) is 10.5. The first kappa shape index (κ1) is 12.0. The van der Waals surface area contributed by atoms with Gasteiger partial charge in [-0.05, 0) is 32.1 Å². The molecule has 2 saturated heterocycles. The lowest BCUT2D eigenvalue weighted by atomic mass is 9.78. The Bertz CT molecular complexity index is 377. The third-order valence-electron chi connectivity index (χ3n) is 4.78. The number of hydrogen-bond acceptors (Lipinski definition) is 3. The smallest absolute Gasteiger partial charge is 0.306 e. The third kappa shape index (κ3) is 1.81. The standard InChI is InChI=1S/C13H19NO4/c1-14(8-4-7(5-8)13(16)17)12(15)10-6-9-2-3-11(10)18-9/h7-11H,2-6H2,1H3,(H,16,17). The van der Waals surface area contributed by atoms with Crippen LogP contribution in [-0.2, 0) is 14.3 Å². The number of carbonyl (C=O) groups excluding carboxylic acids is 1. The average Bonchev–Trinajstić information content (AvgIpc) is 2.86. The second kappa shape index (κ2) is 4.23. The Morgan fingerprint density at radius 2 is 1.94 bits per heavy atom. The molecule has 2 bridgehead atoms. The summed E-state index contributed by atoms with van der Waals surface area (Å²) in [7, 11) is 1.80. The van der Waals surface area contributed by atoms with Gasteiger partial charge in [0.2, 0.25) is 5.91 Å². The van der Waals surface area contributed by atoms with E-state index in [0.29, 0.717) is 12.8 Å². The fourth-order valence-corrected chi connectivity index (χ4v) is 3.44. The molecule has 3 fully saturated rings. The van der Waals surface area contributed by atoms with Crippen LogP contribution < -0.4 is 0 Å². The molecule has 5 heteroatoms. The van der Waals surface area contributed by atoms with E-state index in [2.05, 4.69) is 0 Å². The van der Waals surface area contributed by atoms with Crippen LogP contribution in [0.3, 0.4) is 0 Å². The highest BCUT2D eigenvalue weighted by Gasteiger charge is 2.47. The van der Waals surface area contributed by atoms with Crippen LogP contribution in [0.15, 0.2) is 0 Å². The Morgan fingerprint density at radius 3 is 2.44 bits per heavy atom. The van der Waals surface area contributed by atoms with Gasteiger partial charge in [-0.15, -0.1) is 0 Å². The number of carboxylic acid groups (broad SMARTS) is 1. The van der Waals surface area contributed by atoms with Crippen LogP contribution in [0, 0.1) is 11.8 Å². The highest BCUT2D eigenvalue weighted by Crippen LogP contribution is 2.41. The molecule has 2 aliphatic heterocycles. The fraction of sp³-hybridized carbons (Fsp3) is 0.846. The van der Waals surface area contributed by atoms with E-state index in [1.165, 1.54) is 0 Å². The maximum absolute atomic E-state index is 12.3. The van der Waals surface area contributed by atoms with Crippen LogP contribution in [0.2, 0.25) is 0 Å². The van der Waals surface area contributed by atoms with Crippen LogP contribution in [-0.4, -0.2) is 47.2 Å². The van der Waals surface area contributed by atoms with Crippen LogP contribution in [0.25, 0.3) is 0 Å². The number of carbonyl (C=O) groups is 2. The lowest BCUT2D eigenvalue weighted by molar-refractivity contribution is -0.151. The summed E-state index contributed by atoms with van der Waals surface area (Å²) in [5, 5.41) is 8.85. The second-order valence-electron chi connectivity index (χ2n) is 5.83. The molecule has 1 amide bonds. The summed E-state index contributed by atoms with van der Waals surface area (Å²) < 4.78 is 5.71. The summed E-state index contributed by atoms with van der Waals surface area (Å²) in [6.45, 7) is 0. The molecule has 3 rings (SSSR count). The molecule has 1 saturated carbocycles. The van der Waals surface area contributed by atoms with Crippen molar-refractivity contribution < 1.29 is 19.4 Å². The number of amides is 1. The predicted molar refractivity (Wildman–Crippen MR) is 62.9 cm³/mol. The largest absolute Gasteiger partial charge is 0.481 e. The molecule has 2 heterocycles. The first-order chi connectivity index (χ1) is 8.56. The van der Waals surface area contributed by atoms with Crippen LogP contribution >= 0.6 is 0 Å². The Hall–Kier alpha value is -1.10. The van der Waals surface area contributed by atoms with E-state index in [1.54, 1.807) is 11.9 Å². The number of hydrogen-bond donors (Lipinski definition) is 1. The van der Waals surface area contributed by atoms with E-state index < -0.39 is 5.97 Å². The van der Waals surface area contributed by atoms with E-state index >= 15 is 0 Å². The molecule has 1 N–H and O–H groups in total. The molecular weight excluding hydrogens is 234 g/mol. The van der Waals surface area contributed by atoms with Crippen molar-refractivity contribution in [3.05, 3.63) is 0 Å². The summed E-state index contributed by atoms with van der Waals surface area (Å²) in [5.74, 6) is -0.842. The van der Waals surface area contributed by atoms with E-state index in [0.717, 1.165) is 19.3 Å². The van der Waals surface area contributed by atoms with Gasteiger partial charge in [-0.3, -0.25) is 9.59 Å².